The van der Waals surface area contributed by atoms with Gasteiger partial charge in [0, 0.05) is 17.2 Å². The molecule has 0 radical (unpaired) electrons. The zero-order valence-corrected chi connectivity index (χ0v) is 11.0. The second kappa shape index (κ2) is 5.37. The molecular weight excluding hydrogens is 272 g/mol. The van der Waals surface area contributed by atoms with Crippen LogP contribution in [0.5, 0.6) is 0 Å². The maximum Gasteiger partial charge on any atom is 0.283 e. The summed E-state index contributed by atoms with van der Waals surface area (Å²) >= 11 is 7.14. The number of nitrogens with zero attached hydrogens (tertiary/aromatic N) is 2. The molecule has 0 amide bonds. The van der Waals surface area contributed by atoms with E-state index in [2.05, 4.69) is 4.98 Å². The Hall–Kier alpha value is -1.59. The van der Waals surface area contributed by atoms with Crippen molar-refractivity contribution >= 4 is 29.1 Å². The van der Waals surface area contributed by atoms with Crippen LogP contribution in [0.15, 0.2) is 46.3 Å². The van der Waals surface area contributed by atoms with Crippen molar-refractivity contribution in [1.82, 2.24) is 4.98 Å². The molecule has 6 heteroatoms. The van der Waals surface area contributed by atoms with Crippen LogP contribution in [-0.4, -0.2) is 9.91 Å². The highest BCUT2D eigenvalue weighted by molar-refractivity contribution is 7.99. The average Bonchev–Trinajstić information content (AvgIpc) is 2.34. The van der Waals surface area contributed by atoms with Gasteiger partial charge in [-0.2, -0.15) is 0 Å². The topological polar surface area (TPSA) is 56.0 Å². The zero-order chi connectivity index (χ0) is 13.1. The molecule has 92 valence electrons. The third-order valence-corrected chi connectivity index (χ3v) is 3.73. The normalized spacial score (nSPS) is 10.3. The molecule has 0 bridgehead atoms. The van der Waals surface area contributed by atoms with E-state index in [-0.39, 0.29) is 10.6 Å². The van der Waals surface area contributed by atoms with Gasteiger partial charge in [0.1, 0.15) is 5.15 Å². The fraction of sp³-hybridized carbons (Fsp3) is 0.0833. The van der Waals surface area contributed by atoms with Crippen molar-refractivity contribution in [2.45, 2.75) is 16.7 Å². The fourth-order valence-electron chi connectivity index (χ4n) is 1.40. The van der Waals surface area contributed by atoms with Gasteiger partial charge in [-0.1, -0.05) is 35.5 Å². The minimum atomic E-state index is -0.388. The van der Waals surface area contributed by atoms with Crippen molar-refractivity contribution in [2.75, 3.05) is 0 Å². The molecule has 0 saturated heterocycles. The van der Waals surface area contributed by atoms with Crippen LogP contribution in [-0.2, 0) is 0 Å². The van der Waals surface area contributed by atoms with Gasteiger partial charge in [0.2, 0.25) is 0 Å². The second-order valence-corrected chi connectivity index (χ2v) is 5.07. The van der Waals surface area contributed by atoms with Crippen molar-refractivity contribution in [1.29, 1.82) is 0 Å². The minimum Gasteiger partial charge on any atom is -0.258 e. The predicted octanol–water partition coefficient (Wildman–Crippen LogP) is 4.10. The highest BCUT2D eigenvalue weighted by Gasteiger charge is 2.14. The number of halogens is 1. The molecule has 4 nitrogen and oxygen atoms in total. The molecule has 0 saturated carbocycles. The van der Waals surface area contributed by atoms with Gasteiger partial charge in [0.15, 0.2) is 0 Å². The number of aromatic nitrogens is 1. The standard InChI is InChI=1S/C12H9ClN2O2S/c1-8-7-14-12(13)6-11(8)18-10-5-3-2-4-9(10)15(16)17/h2-7H,1H3. The minimum absolute atomic E-state index is 0.0924. The Kier molecular flexibility index (Phi) is 3.84. The van der Waals surface area contributed by atoms with Gasteiger partial charge in [0.25, 0.3) is 5.69 Å². The van der Waals surface area contributed by atoms with Crippen LogP contribution in [0.4, 0.5) is 5.69 Å². The molecule has 0 atom stereocenters. The quantitative estimate of drug-likeness (QED) is 0.482. The summed E-state index contributed by atoms with van der Waals surface area (Å²) in [6.45, 7) is 1.89. The van der Waals surface area contributed by atoms with Crippen molar-refractivity contribution in [3.8, 4) is 0 Å². The Balaban J connectivity index is 2.40. The number of benzene rings is 1. The van der Waals surface area contributed by atoms with Crippen molar-refractivity contribution in [3.63, 3.8) is 0 Å². The molecule has 18 heavy (non-hydrogen) atoms. The van der Waals surface area contributed by atoms with E-state index >= 15 is 0 Å². The third-order valence-electron chi connectivity index (χ3n) is 2.30. The molecule has 2 aromatic rings. The first-order valence-corrected chi connectivity index (χ1v) is 6.31. The summed E-state index contributed by atoms with van der Waals surface area (Å²) < 4.78 is 0. The molecule has 0 unspecified atom stereocenters. The van der Waals surface area contributed by atoms with Crippen molar-refractivity contribution < 1.29 is 4.92 Å². The Labute approximate surface area is 113 Å². The van der Waals surface area contributed by atoms with E-state index in [9.17, 15) is 10.1 Å². The lowest BCUT2D eigenvalue weighted by molar-refractivity contribution is -0.387. The highest BCUT2D eigenvalue weighted by atomic mass is 35.5. The number of rotatable bonds is 3. The van der Waals surface area contributed by atoms with E-state index in [1.165, 1.54) is 17.8 Å². The lowest BCUT2D eigenvalue weighted by Gasteiger charge is -2.05. The van der Waals surface area contributed by atoms with E-state index in [0.29, 0.717) is 10.0 Å². The fourth-order valence-corrected chi connectivity index (χ4v) is 2.64. The van der Waals surface area contributed by atoms with Gasteiger partial charge >= 0.3 is 0 Å². The van der Waals surface area contributed by atoms with E-state index < -0.39 is 0 Å². The summed E-state index contributed by atoms with van der Waals surface area (Å²) in [4.78, 5) is 15.9. The molecule has 0 aliphatic heterocycles. The second-order valence-electron chi connectivity index (χ2n) is 3.60. The SMILES string of the molecule is Cc1cnc(Cl)cc1Sc1ccccc1[N+](=O)[O-]. The third kappa shape index (κ3) is 2.80. The van der Waals surface area contributed by atoms with E-state index in [1.54, 1.807) is 30.5 Å². The van der Waals surface area contributed by atoms with Gasteiger partial charge in [-0.05, 0) is 24.6 Å². The Morgan fingerprint density at radius 1 is 1.33 bits per heavy atom. The molecule has 0 spiro atoms. The maximum atomic E-state index is 10.9. The van der Waals surface area contributed by atoms with Gasteiger partial charge < -0.3 is 0 Å². The van der Waals surface area contributed by atoms with Crippen LogP contribution in [0, 0.1) is 17.0 Å². The van der Waals surface area contributed by atoms with Crippen LogP contribution < -0.4 is 0 Å². The Morgan fingerprint density at radius 2 is 2.06 bits per heavy atom. The molecule has 0 fully saturated rings. The number of nitro benzene ring substituents is 1. The summed E-state index contributed by atoms with van der Waals surface area (Å²) in [6.07, 6.45) is 1.65. The number of hydrogen-bond donors (Lipinski definition) is 0. The molecule has 2 rings (SSSR count). The number of pyridine rings is 1. The van der Waals surface area contributed by atoms with Crippen molar-refractivity contribution in [2.24, 2.45) is 0 Å². The number of nitro groups is 1. The summed E-state index contributed by atoms with van der Waals surface area (Å²) in [5, 5.41) is 11.3. The van der Waals surface area contributed by atoms with Crippen molar-refractivity contribution in [3.05, 3.63) is 57.4 Å². The highest BCUT2D eigenvalue weighted by Crippen LogP contribution is 2.36. The van der Waals surface area contributed by atoms with Crippen LogP contribution in [0.2, 0.25) is 5.15 Å². The number of hydrogen-bond acceptors (Lipinski definition) is 4. The van der Waals surface area contributed by atoms with Gasteiger partial charge in [-0.15, -0.1) is 0 Å². The maximum absolute atomic E-state index is 10.9. The number of para-hydroxylation sites is 1. The summed E-state index contributed by atoms with van der Waals surface area (Å²) in [5.74, 6) is 0. The lowest BCUT2D eigenvalue weighted by Crippen LogP contribution is -1.91. The first-order chi connectivity index (χ1) is 8.58. The largest absolute Gasteiger partial charge is 0.283 e. The van der Waals surface area contributed by atoms with E-state index in [4.69, 9.17) is 11.6 Å². The van der Waals surface area contributed by atoms with E-state index in [0.717, 1.165) is 10.5 Å². The average molecular weight is 281 g/mol. The Bertz CT molecular complexity index is 604. The van der Waals surface area contributed by atoms with Crippen LogP contribution >= 0.6 is 23.4 Å². The van der Waals surface area contributed by atoms with E-state index in [1.807, 2.05) is 6.92 Å². The summed E-state index contributed by atoms with van der Waals surface area (Å²) in [7, 11) is 0. The lowest BCUT2D eigenvalue weighted by atomic mass is 10.3. The summed E-state index contributed by atoms with van der Waals surface area (Å²) in [6, 6.07) is 8.33. The predicted molar refractivity (Wildman–Crippen MR) is 71.2 cm³/mol. The zero-order valence-electron chi connectivity index (χ0n) is 9.46. The molecule has 0 aliphatic carbocycles. The monoisotopic (exact) mass is 280 g/mol. The molecule has 1 heterocycles. The molecule has 1 aromatic heterocycles. The number of aryl methyl sites for hydroxylation is 1. The van der Waals surface area contributed by atoms with Gasteiger partial charge in [0.05, 0.1) is 9.82 Å². The smallest absolute Gasteiger partial charge is 0.258 e. The molecule has 0 N–H and O–H groups in total. The summed E-state index contributed by atoms with van der Waals surface area (Å²) in [5.41, 5.74) is 1.03. The van der Waals surface area contributed by atoms with Gasteiger partial charge in [-0.25, -0.2) is 4.98 Å². The van der Waals surface area contributed by atoms with Crippen LogP contribution in [0.3, 0.4) is 0 Å². The van der Waals surface area contributed by atoms with Crippen LogP contribution in [0.1, 0.15) is 5.56 Å². The first kappa shape index (κ1) is 12.9. The Morgan fingerprint density at radius 3 is 2.78 bits per heavy atom. The van der Waals surface area contributed by atoms with Crippen LogP contribution in [0.25, 0.3) is 0 Å². The first-order valence-electron chi connectivity index (χ1n) is 5.11. The molecular formula is C12H9ClN2O2S. The van der Waals surface area contributed by atoms with Gasteiger partial charge in [-0.3, -0.25) is 10.1 Å². The molecule has 0 aliphatic rings. The molecule has 1 aromatic carbocycles.